The Labute approximate surface area is 83.3 Å². The lowest BCUT2D eigenvalue weighted by molar-refractivity contribution is 0.0876. The van der Waals surface area contributed by atoms with Gasteiger partial charge in [-0.15, -0.1) is 0 Å². The van der Waals surface area contributed by atoms with Gasteiger partial charge in [0.15, 0.2) is 0 Å². The van der Waals surface area contributed by atoms with Crippen LogP contribution >= 0.6 is 0 Å². The summed E-state index contributed by atoms with van der Waals surface area (Å²) in [7, 11) is 1.61. The summed E-state index contributed by atoms with van der Waals surface area (Å²) in [5, 5.41) is 0. The second-order valence-corrected chi connectivity index (χ2v) is 3.54. The van der Waals surface area contributed by atoms with Crippen LogP contribution in [0.25, 0.3) is 0 Å². The summed E-state index contributed by atoms with van der Waals surface area (Å²) >= 11 is 0. The number of benzene rings is 1. The van der Waals surface area contributed by atoms with Gasteiger partial charge in [0.2, 0.25) is 0 Å². The summed E-state index contributed by atoms with van der Waals surface area (Å²) in [6.07, 6.45) is 0. The minimum Gasteiger partial charge on any atom is -0.497 e. The van der Waals surface area contributed by atoms with Crippen LogP contribution in [0.5, 0.6) is 5.75 Å². The van der Waals surface area contributed by atoms with Gasteiger partial charge in [-0.3, -0.25) is 4.79 Å². The van der Waals surface area contributed by atoms with Gasteiger partial charge in [-0.05, 0) is 31.2 Å². The highest BCUT2D eigenvalue weighted by Crippen LogP contribution is 2.21. The van der Waals surface area contributed by atoms with E-state index in [1.54, 1.807) is 31.4 Å². The molecule has 1 fully saturated rings. The molecule has 0 aliphatic carbocycles. The molecule has 14 heavy (non-hydrogen) atoms. The van der Waals surface area contributed by atoms with E-state index in [0.717, 1.165) is 17.9 Å². The molecule has 1 aliphatic rings. The summed E-state index contributed by atoms with van der Waals surface area (Å²) in [6, 6.07) is 7.62. The molecule has 0 bridgehead atoms. The Morgan fingerprint density at radius 3 is 2.43 bits per heavy atom. The Morgan fingerprint density at radius 2 is 2.00 bits per heavy atom. The van der Waals surface area contributed by atoms with Gasteiger partial charge >= 0.3 is 0 Å². The van der Waals surface area contributed by atoms with E-state index in [1.807, 2.05) is 11.8 Å². The topological polar surface area (TPSA) is 29.3 Å². The van der Waals surface area contributed by atoms with Gasteiger partial charge in [0.1, 0.15) is 5.75 Å². The molecule has 3 heteroatoms. The Kier molecular flexibility index (Phi) is 2.15. The average Bonchev–Trinajstić information content (AvgIpc) is 2.95. The number of hydrogen-bond acceptors (Lipinski definition) is 2. The third-order valence-electron chi connectivity index (χ3n) is 2.46. The van der Waals surface area contributed by atoms with Crippen molar-refractivity contribution in [3.63, 3.8) is 0 Å². The molecule has 1 unspecified atom stereocenters. The molecule has 1 heterocycles. The number of ether oxygens (including phenoxy) is 1. The molecule has 1 aromatic rings. The molecule has 1 atom stereocenters. The fourth-order valence-corrected chi connectivity index (χ4v) is 1.42. The van der Waals surface area contributed by atoms with E-state index in [1.165, 1.54) is 0 Å². The third-order valence-corrected chi connectivity index (χ3v) is 2.46. The highest BCUT2D eigenvalue weighted by atomic mass is 16.5. The van der Waals surface area contributed by atoms with Crippen molar-refractivity contribution in [1.82, 2.24) is 4.90 Å². The van der Waals surface area contributed by atoms with Crippen LogP contribution in [0.3, 0.4) is 0 Å². The fraction of sp³-hybridized carbons (Fsp3) is 0.364. The van der Waals surface area contributed by atoms with Gasteiger partial charge in [-0.25, -0.2) is 0 Å². The minimum absolute atomic E-state index is 0.111. The quantitative estimate of drug-likeness (QED) is 0.663. The van der Waals surface area contributed by atoms with E-state index in [0.29, 0.717) is 6.04 Å². The summed E-state index contributed by atoms with van der Waals surface area (Å²) in [5.74, 6) is 0.889. The van der Waals surface area contributed by atoms with Crippen LogP contribution in [0.4, 0.5) is 0 Å². The number of hydrogen-bond donors (Lipinski definition) is 0. The first-order chi connectivity index (χ1) is 6.72. The lowest BCUT2D eigenvalue weighted by Gasteiger charge is -2.03. The Morgan fingerprint density at radius 1 is 1.43 bits per heavy atom. The number of methoxy groups -OCH3 is 1. The van der Waals surface area contributed by atoms with Gasteiger partial charge in [0, 0.05) is 18.2 Å². The van der Waals surface area contributed by atoms with Crippen LogP contribution in [-0.4, -0.2) is 30.5 Å². The van der Waals surface area contributed by atoms with Crippen LogP contribution in [0.15, 0.2) is 24.3 Å². The lowest BCUT2D eigenvalue weighted by Crippen LogP contribution is -2.12. The van der Waals surface area contributed by atoms with E-state index < -0.39 is 0 Å². The maximum atomic E-state index is 11.7. The number of rotatable bonds is 2. The van der Waals surface area contributed by atoms with Crippen molar-refractivity contribution in [3.05, 3.63) is 29.8 Å². The monoisotopic (exact) mass is 191 g/mol. The zero-order chi connectivity index (χ0) is 10.1. The average molecular weight is 191 g/mol. The smallest absolute Gasteiger partial charge is 0.254 e. The van der Waals surface area contributed by atoms with Gasteiger partial charge in [-0.2, -0.15) is 0 Å². The van der Waals surface area contributed by atoms with E-state index >= 15 is 0 Å². The summed E-state index contributed by atoms with van der Waals surface area (Å²) in [4.78, 5) is 13.5. The standard InChI is InChI=1S/C11H13NO2/c1-8-7-12(8)11(13)9-3-5-10(14-2)6-4-9/h3-6,8H,7H2,1-2H3. The molecule has 0 N–H and O–H groups in total. The summed E-state index contributed by atoms with van der Waals surface area (Å²) in [5.41, 5.74) is 0.732. The van der Waals surface area contributed by atoms with Crippen molar-refractivity contribution in [2.75, 3.05) is 13.7 Å². The maximum absolute atomic E-state index is 11.7. The molecule has 1 aliphatic heterocycles. The van der Waals surface area contributed by atoms with E-state index in [-0.39, 0.29) is 5.91 Å². The number of carbonyl (C=O) groups excluding carboxylic acids is 1. The minimum atomic E-state index is 0.111. The summed E-state index contributed by atoms with van der Waals surface area (Å²) < 4.78 is 5.02. The zero-order valence-corrected chi connectivity index (χ0v) is 8.36. The highest BCUT2D eigenvalue weighted by molar-refractivity contribution is 5.96. The third kappa shape index (κ3) is 1.58. The van der Waals surface area contributed by atoms with Gasteiger partial charge in [0.05, 0.1) is 7.11 Å². The van der Waals surface area contributed by atoms with E-state index in [9.17, 15) is 4.79 Å². The first-order valence-corrected chi connectivity index (χ1v) is 4.67. The van der Waals surface area contributed by atoms with Gasteiger partial charge in [0.25, 0.3) is 5.91 Å². The predicted molar refractivity (Wildman–Crippen MR) is 53.5 cm³/mol. The van der Waals surface area contributed by atoms with Crippen molar-refractivity contribution in [3.8, 4) is 5.75 Å². The summed E-state index contributed by atoms with van der Waals surface area (Å²) in [6.45, 7) is 2.92. The molecule has 1 amide bonds. The fourth-order valence-electron chi connectivity index (χ4n) is 1.42. The van der Waals surface area contributed by atoms with Crippen molar-refractivity contribution in [2.24, 2.45) is 0 Å². The second kappa shape index (κ2) is 3.33. The second-order valence-electron chi connectivity index (χ2n) is 3.54. The molecular formula is C11H13NO2. The molecular weight excluding hydrogens is 178 g/mol. The first kappa shape index (κ1) is 9.06. The highest BCUT2D eigenvalue weighted by Gasteiger charge is 2.34. The first-order valence-electron chi connectivity index (χ1n) is 4.67. The molecule has 3 nitrogen and oxygen atoms in total. The Balaban J connectivity index is 2.13. The van der Waals surface area contributed by atoms with Gasteiger partial charge in [-0.1, -0.05) is 0 Å². The molecule has 1 aromatic carbocycles. The normalized spacial score (nSPS) is 19.3. The van der Waals surface area contributed by atoms with Crippen LogP contribution < -0.4 is 4.74 Å². The van der Waals surface area contributed by atoms with Crippen molar-refractivity contribution >= 4 is 5.91 Å². The van der Waals surface area contributed by atoms with E-state index in [2.05, 4.69) is 0 Å². The molecule has 2 rings (SSSR count). The molecule has 0 aromatic heterocycles. The van der Waals surface area contributed by atoms with Crippen molar-refractivity contribution in [2.45, 2.75) is 13.0 Å². The predicted octanol–water partition coefficient (Wildman–Crippen LogP) is 1.54. The Bertz CT molecular complexity index is 345. The van der Waals surface area contributed by atoms with Crippen molar-refractivity contribution < 1.29 is 9.53 Å². The van der Waals surface area contributed by atoms with Crippen LogP contribution in [0.1, 0.15) is 17.3 Å². The molecule has 1 saturated heterocycles. The molecule has 74 valence electrons. The number of amides is 1. The Hall–Kier alpha value is -1.51. The number of carbonyl (C=O) groups is 1. The van der Waals surface area contributed by atoms with E-state index in [4.69, 9.17) is 4.74 Å². The zero-order valence-electron chi connectivity index (χ0n) is 8.36. The van der Waals surface area contributed by atoms with Crippen LogP contribution in [-0.2, 0) is 0 Å². The SMILES string of the molecule is COc1ccc(C(=O)N2CC2C)cc1. The van der Waals surface area contributed by atoms with Crippen LogP contribution in [0, 0.1) is 0 Å². The molecule has 0 radical (unpaired) electrons. The largest absolute Gasteiger partial charge is 0.497 e. The lowest BCUT2D eigenvalue weighted by atomic mass is 10.2. The van der Waals surface area contributed by atoms with Gasteiger partial charge < -0.3 is 9.64 Å². The van der Waals surface area contributed by atoms with Crippen LogP contribution in [0.2, 0.25) is 0 Å². The van der Waals surface area contributed by atoms with Crippen molar-refractivity contribution in [1.29, 1.82) is 0 Å². The number of nitrogens with zero attached hydrogens (tertiary/aromatic N) is 1. The molecule has 0 spiro atoms. The maximum Gasteiger partial charge on any atom is 0.254 e. The molecule has 0 saturated carbocycles.